The number of hydrogen-bond donors (Lipinski definition) is 3. The van der Waals surface area contributed by atoms with E-state index < -0.39 is 17.9 Å². The van der Waals surface area contributed by atoms with Gasteiger partial charge in [-0.3, -0.25) is 9.68 Å². The minimum Gasteiger partial charge on any atom is -0.370 e. The van der Waals surface area contributed by atoms with Gasteiger partial charge in [0.1, 0.15) is 6.04 Å². The zero-order valence-corrected chi connectivity index (χ0v) is 5.82. The van der Waals surface area contributed by atoms with Gasteiger partial charge >= 0.3 is 5.97 Å². The predicted octanol–water partition coefficient (Wildman–Crippen LogP) is -1.40. The molecule has 5 N–H and O–H groups in total. The average Bonchev–Trinajstić information content (AvgIpc) is 1.98. The van der Waals surface area contributed by atoms with E-state index in [-0.39, 0.29) is 12.8 Å². The Bertz CT molecular complexity index is 159. The van der Waals surface area contributed by atoms with E-state index in [0.29, 0.717) is 0 Å². The highest BCUT2D eigenvalue weighted by Crippen LogP contribution is 1.94. The molecule has 1 amide bonds. The van der Waals surface area contributed by atoms with Crippen LogP contribution in [0.3, 0.4) is 0 Å². The zero-order valence-electron chi connectivity index (χ0n) is 5.82. The van der Waals surface area contributed by atoms with Crippen molar-refractivity contribution in [2.24, 2.45) is 11.5 Å². The Labute approximate surface area is 63.0 Å². The van der Waals surface area contributed by atoms with Gasteiger partial charge in [0, 0.05) is 6.42 Å². The molecule has 0 heterocycles. The quantitative estimate of drug-likeness (QED) is 0.347. The Kier molecular flexibility index (Phi) is 4.16. The highest BCUT2D eigenvalue weighted by molar-refractivity contribution is 5.77. The minimum atomic E-state index is -0.993. The van der Waals surface area contributed by atoms with Crippen LogP contribution in [0.15, 0.2) is 0 Å². The summed E-state index contributed by atoms with van der Waals surface area (Å²) < 4.78 is 0. The van der Waals surface area contributed by atoms with E-state index in [2.05, 4.69) is 4.89 Å². The normalized spacial score (nSPS) is 12.2. The standard InChI is InChI=1S/C5H10N2O4/c6-3(5(9)11-10)1-2-4(7)8/h3,10H,1-2,6H2,(H2,7,8). The molecular weight excluding hydrogens is 152 g/mol. The Morgan fingerprint density at radius 2 is 2.09 bits per heavy atom. The summed E-state index contributed by atoms with van der Waals surface area (Å²) in [6.07, 6.45) is 0.0744. The van der Waals surface area contributed by atoms with Gasteiger partial charge in [-0.15, -0.1) is 0 Å². The van der Waals surface area contributed by atoms with Crippen LogP contribution in [-0.4, -0.2) is 23.2 Å². The Balaban J connectivity index is 3.60. The van der Waals surface area contributed by atoms with Gasteiger partial charge in [-0.2, -0.15) is 5.26 Å². The average molecular weight is 162 g/mol. The van der Waals surface area contributed by atoms with Crippen LogP contribution in [0.2, 0.25) is 0 Å². The molecule has 1 unspecified atom stereocenters. The first-order valence-corrected chi connectivity index (χ1v) is 2.97. The second kappa shape index (κ2) is 4.64. The third kappa shape index (κ3) is 4.29. The highest BCUT2D eigenvalue weighted by Gasteiger charge is 2.15. The third-order valence-corrected chi connectivity index (χ3v) is 1.09. The number of nitrogens with two attached hydrogens (primary N) is 2. The molecule has 0 bridgehead atoms. The van der Waals surface area contributed by atoms with Gasteiger partial charge in [-0.1, -0.05) is 0 Å². The fraction of sp³-hybridized carbons (Fsp3) is 0.600. The van der Waals surface area contributed by atoms with Crippen molar-refractivity contribution in [1.29, 1.82) is 0 Å². The zero-order chi connectivity index (χ0) is 8.85. The van der Waals surface area contributed by atoms with Gasteiger partial charge in [-0.05, 0) is 6.42 Å². The van der Waals surface area contributed by atoms with Crippen molar-refractivity contribution in [2.45, 2.75) is 18.9 Å². The summed E-state index contributed by atoms with van der Waals surface area (Å²) in [7, 11) is 0. The number of carbonyl (C=O) groups is 2. The lowest BCUT2D eigenvalue weighted by molar-refractivity contribution is -0.235. The molecule has 0 aliphatic carbocycles. The first kappa shape index (κ1) is 9.86. The van der Waals surface area contributed by atoms with Crippen molar-refractivity contribution >= 4 is 11.9 Å². The summed E-state index contributed by atoms with van der Waals surface area (Å²) >= 11 is 0. The van der Waals surface area contributed by atoms with Crippen molar-refractivity contribution in [3.63, 3.8) is 0 Å². The summed E-state index contributed by atoms with van der Waals surface area (Å²) in [5, 5.41) is 7.82. The topological polar surface area (TPSA) is 116 Å². The van der Waals surface area contributed by atoms with E-state index in [9.17, 15) is 9.59 Å². The fourth-order valence-electron chi connectivity index (χ4n) is 0.483. The number of hydrogen-bond acceptors (Lipinski definition) is 5. The molecule has 0 aromatic carbocycles. The molecule has 1 atom stereocenters. The molecule has 0 spiro atoms. The maximum absolute atomic E-state index is 10.4. The lowest BCUT2D eigenvalue weighted by atomic mass is 10.2. The number of rotatable bonds is 4. The Morgan fingerprint density at radius 1 is 1.55 bits per heavy atom. The monoisotopic (exact) mass is 162 g/mol. The SMILES string of the molecule is NC(=O)CCC(N)C(=O)OO. The number of carbonyl (C=O) groups excluding carboxylic acids is 2. The van der Waals surface area contributed by atoms with Crippen LogP contribution in [0.4, 0.5) is 0 Å². The first-order valence-electron chi connectivity index (χ1n) is 2.97. The molecule has 0 saturated carbocycles. The molecule has 6 heteroatoms. The van der Waals surface area contributed by atoms with E-state index in [0.717, 1.165) is 0 Å². The van der Waals surface area contributed by atoms with Gasteiger partial charge in [-0.25, -0.2) is 4.79 Å². The van der Waals surface area contributed by atoms with Crippen molar-refractivity contribution < 1.29 is 19.7 Å². The lowest BCUT2D eigenvalue weighted by Gasteiger charge is -2.04. The molecule has 0 fully saturated rings. The summed E-state index contributed by atoms with van der Waals surface area (Å²) in [5.41, 5.74) is 9.91. The molecule has 0 aliphatic rings. The summed E-state index contributed by atoms with van der Waals surface area (Å²) in [6, 6.07) is -0.993. The van der Waals surface area contributed by atoms with E-state index in [1.807, 2.05) is 0 Å². The van der Waals surface area contributed by atoms with Crippen LogP contribution in [0.5, 0.6) is 0 Å². The van der Waals surface area contributed by atoms with Crippen LogP contribution in [0.1, 0.15) is 12.8 Å². The molecule has 0 rings (SSSR count). The van der Waals surface area contributed by atoms with Gasteiger partial charge in [0.15, 0.2) is 0 Å². The van der Waals surface area contributed by atoms with Crippen molar-refractivity contribution in [1.82, 2.24) is 0 Å². The summed E-state index contributed by atoms with van der Waals surface area (Å²) in [4.78, 5) is 23.9. The van der Waals surface area contributed by atoms with Crippen molar-refractivity contribution in [3.8, 4) is 0 Å². The van der Waals surface area contributed by atoms with Gasteiger partial charge in [0.05, 0.1) is 0 Å². The molecule has 6 nitrogen and oxygen atoms in total. The highest BCUT2D eigenvalue weighted by atomic mass is 17.1. The molecule has 0 aromatic rings. The third-order valence-electron chi connectivity index (χ3n) is 1.09. The molecule has 0 aromatic heterocycles. The van der Waals surface area contributed by atoms with E-state index >= 15 is 0 Å². The molecule has 64 valence electrons. The van der Waals surface area contributed by atoms with E-state index in [1.54, 1.807) is 0 Å². The second-order valence-electron chi connectivity index (χ2n) is 2.02. The van der Waals surface area contributed by atoms with Gasteiger partial charge in [0.2, 0.25) is 5.91 Å². The van der Waals surface area contributed by atoms with Crippen LogP contribution in [-0.2, 0) is 14.5 Å². The minimum absolute atomic E-state index is 0.00370. The summed E-state index contributed by atoms with van der Waals surface area (Å²) in [6.45, 7) is 0. The molecule has 11 heavy (non-hydrogen) atoms. The van der Waals surface area contributed by atoms with Crippen LogP contribution >= 0.6 is 0 Å². The maximum Gasteiger partial charge on any atom is 0.358 e. The fourth-order valence-corrected chi connectivity index (χ4v) is 0.483. The Morgan fingerprint density at radius 3 is 2.45 bits per heavy atom. The van der Waals surface area contributed by atoms with E-state index in [1.165, 1.54) is 0 Å². The van der Waals surface area contributed by atoms with Crippen molar-refractivity contribution in [3.05, 3.63) is 0 Å². The molecule has 0 radical (unpaired) electrons. The van der Waals surface area contributed by atoms with Crippen LogP contribution < -0.4 is 11.5 Å². The molecular formula is C5H10N2O4. The van der Waals surface area contributed by atoms with Crippen molar-refractivity contribution in [2.75, 3.05) is 0 Å². The van der Waals surface area contributed by atoms with E-state index in [4.69, 9.17) is 16.7 Å². The van der Waals surface area contributed by atoms with Crippen LogP contribution in [0.25, 0.3) is 0 Å². The van der Waals surface area contributed by atoms with Gasteiger partial charge < -0.3 is 11.5 Å². The smallest absolute Gasteiger partial charge is 0.358 e. The first-order chi connectivity index (χ1) is 5.07. The molecule has 0 saturated heterocycles. The largest absolute Gasteiger partial charge is 0.370 e. The lowest BCUT2D eigenvalue weighted by Crippen LogP contribution is -2.32. The maximum atomic E-state index is 10.4. The Hall–Kier alpha value is -1.14. The van der Waals surface area contributed by atoms with Crippen LogP contribution in [0, 0.1) is 0 Å². The second-order valence-corrected chi connectivity index (χ2v) is 2.02. The van der Waals surface area contributed by atoms with Gasteiger partial charge in [0.25, 0.3) is 0 Å². The molecule has 0 aliphatic heterocycles. The number of primary amides is 1. The predicted molar refractivity (Wildman–Crippen MR) is 35.1 cm³/mol. The summed E-state index contributed by atoms with van der Waals surface area (Å²) in [5.74, 6) is -1.52. The number of amides is 1.